The van der Waals surface area contributed by atoms with E-state index in [1.165, 1.54) is 11.3 Å². The van der Waals surface area contributed by atoms with Gasteiger partial charge in [-0.05, 0) is 36.1 Å². The summed E-state index contributed by atoms with van der Waals surface area (Å²) in [4.78, 5) is 4.68. The maximum absolute atomic E-state index is 4.68. The summed E-state index contributed by atoms with van der Waals surface area (Å²) in [5, 5.41) is 7.89. The van der Waals surface area contributed by atoms with Gasteiger partial charge in [0.25, 0.3) is 0 Å². The molecule has 0 aliphatic carbocycles. The van der Waals surface area contributed by atoms with Gasteiger partial charge in [-0.3, -0.25) is 0 Å². The molecule has 2 heterocycles. The van der Waals surface area contributed by atoms with Gasteiger partial charge < -0.3 is 5.32 Å². The van der Waals surface area contributed by atoms with E-state index in [0.717, 1.165) is 36.6 Å². The van der Waals surface area contributed by atoms with Crippen LogP contribution in [0.4, 0.5) is 5.69 Å². The Kier molecular flexibility index (Phi) is 3.01. The van der Waals surface area contributed by atoms with E-state index in [4.69, 9.17) is 0 Å². The second kappa shape index (κ2) is 4.68. The van der Waals surface area contributed by atoms with Crippen LogP contribution in [0.15, 0.2) is 18.2 Å². The molecular weight excluding hydrogens is 236 g/mol. The first-order chi connectivity index (χ1) is 9.13. The summed E-state index contributed by atoms with van der Waals surface area (Å²) in [5.74, 6) is 2.48. The Balaban J connectivity index is 1.95. The van der Waals surface area contributed by atoms with E-state index < -0.39 is 0 Å². The predicted molar refractivity (Wildman–Crippen MR) is 77.2 cm³/mol. The van der Waals surface area contributed by atoms with Gasteiger partial charge in [0.2, 0.25) is 0 Å². The zero-order chi connectivity index (χ0) is 13.4. The third kappa shape index (κ3) is 2.35. The van der Waals surface area contributed by atoms with Crippen molar-refractivity contribution in [1.82, 2.24) is 14.8 Å². The molecule has 19 heavy (non-hydrogen) atoms. The number of anilines is 1. The Morgan fingerprint density at radius 1 is 1.37 bits per heavy atom. The third-order valence-corrected chi connectivity index (χ3v) is 3.47. The highest BCUT2D eigenvalue weighted by atomic mass is 15.3. The van der Waals surface area contributed by atoms with E-state index >= 15 is 0 Å². The topological polar surface area (TPSA) is 42.7 Å². The Hall–Kier alpha value is -1.84. The van der Waals surface area contributed by atoms with E-state index in [0.29, 0.717) is 5.92 Å². The number of nitrogens with zero attached hydrogens (tertiary/aromatic N) is 3. The van der Waals surface area contributed by atoms with E-state index in [2.05, 4.69) is 47.4 Å². The van der Waals surface area contributed by atoms with Crippen molar-refractivity contribution in [3.05, 3.63) is 29.6 Å². The molecule has 3 rings (SSSR count). The molecule has 1 aromatic carbocycles. The lowest BCUT2D eigenvalue weighted by molar-refractivity contribution is 0.613. The van der Waals surface area contributed by atoms with E-state index in [-0.39, 0.29) is 0 Å². The quantitative estimate of drug-likeness (QED) is 0.918. The molecule has 0 bridgehead atoms. The minimum absolute atomic E-state index is 0.583. The zero-order valence-corrected chi connectivity index (χ0v) is 11.8. The molecule has 0 saturated carbocycles. The first kappa shape index (κ1) is 12.2. The van der Waals surface area contributed by atoms with Crippen LogP contribution in [0, 0.1) is 5.92 Å². The number of aromatic nitrogens is 3. The van der Waals surface area contributed by atoms with Crippen LogP contribution >= 0.6 is 0 Å². The normalized spacial score (nSPS) is 13.7. The molecule has 4 heteroatoms. The SMILES string of the molecule is CC(C)Cc1nc(-c2ccc3c(c2)CCN3)n(C)n1. The summed E-state index contributed by atoms with van der Waals surface area (Å²) in [6.45, 7) is 5.42. The molecule has 1 aliphatic heterocycles. The van der Waals surface area contributed by atoms with Gasteiger partial charge in [0.1, 0.15) is 0 Å². The highest BCUT2D eigenvalue weighted by Gasteiger charge is 2.14. The fourth-order valence-corrected chi connectivity index (χ4v) is 2.58. The second-order valence-electron chi connectivity index (χ2n) is 5.62. The molecule has 0 saturated heterocycles. The van der Waals surface area contributed by atoms with Crippen LogP contribution in [0.5, 0.6) is 0 Å². The molecule has 0 radical (unpaired) electrons. The van der Waals surface area contributed by atoms with Crippen LogP contribution in [-0.4, -0.2) is 21.3 Å². The lowest BCUT2D eigenvalue weighted by atomic mass is 10.1. The first-order valence-corrected chi connectivity index (χ1v) is 6.90. The maximum atomic E-state index is 4.68. The Bertz CT molecular complexity index is 598. The molecule has 100 valence electrons. The highest BCUT2D eigenvalue weighted by molar-refractivity contribution is 5.65. The Morgan fingerprint density at radius 2 is 2.21 bits per heavy atom. The molecule has 2 aromatic rings. The lowest BCUT2D eigenvalue weighted by Gasteiger charge is -2.03. The van der Waals surface area contributed by atoms with Gasteiger partial charge in [-0.2, -0.15) is 5.10 Å². The largest absolute Gasteiger partial charge is 0.384 e. The lowest BCUT2D eigenvalue weighted by Crippen LogP contribution is -1.97. The molecule has 0 fully saturated rings. The van der Waals surface area contributed by atoms with Gasteiger partial charge in [0.15, 0.2) is 11.6 Å². The average Bonchev–Trinajstić information content (AvgIpc) is 2.93. The van der Waals surface area contributed by atoms with Crippen molar-refractivity contribution in [2.24, 2.45) is 13.0 Å². The van der Waals surface area contributed by atoms with Crippen LogP contribution in [0.25, 0.3) is 11.4 Å². The van der Waals surface area contributed by atoms with Gasteiger partial charge in [-0.25, -0.2) is 9.67 Å². The average molecular weight is 256 g/mol. The molecular formula is C15H20N4. The number of nitrogens with one attached hydrogen (secondary N) is 1. The van der Waals surface area contributed by atoms with Crippen molar-refractivity contribution < 1.29 is 0 Å². The molecule has 0 unspecified atom stereocenters. The molecule has 1 aliphatic rings. The number of hydrogen-bond acceptors (Lipinski definition) is 3. The molecule has 0 amide bonds. The maximum Gasteiger partial charge on any atom is 0.158 e. The van der Waals surface area contributed by atoms with Gasteiger partial charge in [0, 0.05) is 31.3 Å². The monoisotopic (exact) mass is 256 g/mol. The van der Waals surface area contributed by atoms with E-state index in [9.17, 15) is 0 Å². The van der Waals surface area contributed by atoms with Crippen molar-refractivity contribution >= 4 is 5.69 Å². The van der Waals surface area contributed by atoms with Crippen LogP contribution < -0.4 is 5.32 Å². The summed E-state index contributed by atoms with van der Waals surface area (Å²) in [5.41, 5.74) is 3.80. The number of rotatable bonds is 3. The van der Waals surface area contributed by atoms with Gasteiger partial charge in [0.05, 0.1) is 0 Å². The summed E-state index contributed by atoms with van der Waals surface area (Å²) in [6, 6.07) is 6.51. The van der Waals surface area contributed by atoms with E-state index in [1.54, 1.807) is 0 Å². The Labute approximate surface area is 113 Å². The fourth-order valence-electron chi connectivity index (χ4n) is 2.58. The minimum Gasteiger partial charge on any atom is -0.384 e. The number of aryl methyl sites for hydroxylation is 1. The predicted octanol–water partition coefficient (Wildman–Crippen LogP) is 2.65. The van der Waals surface area contributed by atoms with Crippen LogP contribution in [-0.2, 0) is 19.9 Å². The second-order valence-corrected chi connectivity index (χ2v) is 5.62. The van der Waals surface area contributed by atoms with E-state index in [1.807, 2.05) is 11.7 Å². The number of hydrogen-bond donors (Lipinski definition) is 1. The Morgan fingerprint density at radius 3 is 3.00 bits per heavy atom. The van der Waals surface area contributed by atoms with Crippen molar-refractivity contribution in [1.29, 1.82) is 0 Å². The zero-order valence-electron chi connectivity index (χ0n) is 11.8. The fraction of sp³-hybridized carbons (Fsp3) is 0.467. The van der Waals surface area contributed by atoms with Crippen molar-refractivity contribution in [3.63, 3.8) is 0 Å². The van der Waals surface area contributed by atoms with Gasteiger partial charge >= 0.3 is 0 Å². The molecule has 1 aromatic heterocycles. The third-order valence-electron chi connectivity index (χ3n) is 3.47. The van der Waals surface area contributed by atoms with Crippen LogP contribution in [0.2, 0.25) is 0 Å². The summed E-state index contributed by atoms with van der Waals surface area (Å²) < 4.78 is 1.89. The van der Waals surface area contributed by atoms with Gasteiger partial charge in [-0.1, -0.05) is 13.8 Å². The molecule has 0 spiro atoms. The van der Waals surface area contributed by atoms with Crippen LogP contribution in [0.3, 0.4) is 0 Å². The number of benzene rings is 1. The smallest absolute Gasteiger partial charge is 0.158 e. The molecule has 1 N–H and O–H groups in total. The standard InChI is InChI=1S/C15H20N4/c1-10(2)8-14-17-15(19(3)18-14)12-4-5-13-11(9-12)6-7-16-13/h4-5,9-10,16H,6-8H2,1-3H3. The summed E-state index contributed by atoms with van der Waals surface area (Å²) in [7, 11) is 1.97. The van der Waals surface area contributed by atoms with Crippen molar-refractivity contribution in [2.45, 2.75) is 26.7 Å². The summed E-state index contributed by atoms with van der Waals surface area (Å²) >= 11 is 0. The number of fused-ring (bicyclic) bond motifs is 1. The molecule has 4 nitrogen and oxygen atoms in total. The van der Waals surface area contributed by atoms with Gasteiger partial charge in [-0.15, -0.1) is 0 Å². The van der Waals surface area contributed by atoms with Crippen LogP contribution in [0.1, 0.15) is 25.2 Å². The molecule has 0 atom stereocenters. The summed E-state index contributed by atoms with van der Waals surface area (Å²) in [6.07, 6.45) is 2.03. The minimum atomic E-state index is 0.583. The first-order valence-electron chi connectivity index (χ1n) is 6.90. The van der Waals surface area contributed by atoms with Crippen molar-refractivity contribution in [3.8, 4) is 11.4 Å². The van der Waals surface area contributed by atoms with Crippen molar-refractivity contribution in [2.75, 3.05) is 11.9 Å². The highest BCUT2D eigenvalue weighted by Crippen LogP contribution is 2.27.